The van der Waals surface area contributed by atoms with Crippen molar-refractivity contribution in [2.45, 2.75) is 46.3 Å². The van der Waals surface area contributed by atoms with Crippen LogP contribution in [0.4, 0.5) is 5.69 Å². The van der Waals surface area contributed by atoms with E-state index in [0.717, 1.165) is 18.0 Å². The number of nitrogens with two attached hydrogens (primary N) is 1. The highest BCUT2D eigenvalue weighted by Crippen LogP contribution is 2.16. The first-order valence-corrected chi connectivity index (χ1v) is 7.35. The Kier molecular flexibility index (Phi) is 6.49. The Morgan fingerprint density at radius 2 is 1.86 bits per heavy atom. The zero-order chi connectivity index (χ0) is 15.9. The van der Waals surface area contributed by atoms with Crippen LogP contribution in [-0.2, 0) is 0 Å². The summed E-state index contributed by atoms with van der Waals surface area (Å²) in [6, 6.07) is 7.68. The Balaban J connectivity index is 2.41. The van der Waals surface area contributed by atoms with E-state index in [1.54, 1.807) is 0 Å². The minimum absolute atomic E-state index is 0.101. The molecular weight excluding hydrogens is 264 g/mol. The monoisotopic (exact) mass is 292 g/mol. The number of anilines is 1. The fraction of sp³-hybridized carbons (Fsp3) is 0.562. The Morgan fingerprint density at radius 1 is 1.24 bits per heavy atom. The molecule has 21 heavy (non-hydrogen) atoms. The van der Waals surface area contributed by atoms with Crippen LogP contribution >= 0.6 is 0 Å². The topological polar surface area (TPSA) is 71.7 Å². The van der Waals surface area contributed by atoms with Gasteiger partial charge in [0.1, 0.15) is 5.75 Å². The summed E-state index contributed by atoms with van der Waals surface area (Å²) in [4.78, 5) is 4.28. The summed E-state index contributed by atoms with van der Waals surface area (Å²) in [5.74, 6) is 1.27. The zero-order valence-corrected chi connectivity index (χ0v) is 13.7. The second-order valence-electron chi connectivity index (χ2n) is 6.26. The Labute approximate surface area is 128 Å². The molecule has 0 radical (unpaired) electrons. The van der Waals surface area contributed by atoms with E-state index in [0.29, 0.717) is 12.5 Å². The predicted molar refractivity (Wildman–Crippen MR) is 90.1 cm³/mol. The van der Waals surface area contributed by atoms with Gasteiger partial charge in [-0.05, 0) is 58.9 Å². The van der Waals surface area contributed by atoms with Gasteiger partial charge in [-0.3, -0.25) is 4.99 Å². The van der Waals surface area contributed by atoms with Gasteiger partial charge in [0.05, 0.1) is 12.6 Å². The molecule has 0 saturated carbocycles. The first-order chi connectivity index (χ1) is 9.76. The molecule has 0 spiro atoms. The molecule has 0 atom stereocenters. The van der Waals surface area contributed by atoms with Gasteiger partial charge in [-0.25, -0.2) is 0 Å². The van der Waals surface area contributed by atoms with Gasteiger partial charge in [0.2, 0.25) is 0 Å². The van der Waals surface area contributed by atoms with E-state index in [9.17, 15) is 0 Å². The minimum Gasteiger partial charge on any atom is -0.491 e. The number of ether oxygens (including phenoxy) is 1. The number of hydrogen-bond donors (Lipinski definition) is 3. The molecule has 0 unspecified atom stereocenters. The lowest BCUT2D eigenvalue weighted by molar-refractivity contribution is 0.242. The molecular formula is C16H28N4O. The van der Waals surface area contributed by atoms with Crippen molar-refractivity contribution in [1.29, 1.82) is 0 Å². The van der Waals surface area contributed by atoms with Gasteiger partial charge in [-0.15, -0.1) is 0 Å². The maximum absolute atomic E-state index is 5.85. The SMILES string of the molecule is CC(C)Oc1ccc(NC(N)=NCCNC(C)(C)C)cc1. The third-order valence-corrected chi connectivity index (χ3v) is 2.55. The third kappa shape index (κ3) is 8.19. The molecule has 1 aromatic carbocycles. The number of nitrogens with one attached hydrogen (secondary N) is 2. The van der Waals surface area contributed by atoms with Crippen LogP contribution in [0.1, 0.15) is 34.6 Å². The van der Waals surface area contributed by atoms with Gasteiger partial charge in [0.15, 0.2) is 5.96 Å². The second kappa shape index (κ2) is 7.88. The maximum atomic E-state index is 5.85. The van der Waals surface area contributed by atoms with Crippen molar-refractivity contribution in [2.24, 2.45) is 10.7 Å². The van der Waals surface area contributed by atoms with Gasteiger partial charge < -0.3 is 21.1 Å². The quantitative estimate of drug-likeness (QED) is 0.428. The van der Waals surface area contributed by atoms with Crippen LogP contribution in [0.15, 0.2) is 29.3 Å². The van der Waals surface area contributed by atoms with Crippen LogP contribution in [0.2, 0.25) is 0 Å². The Bertz CT molecular complexity index is 446. The van der Waals surface area contributed by atoms with Crippen LogP contribution in [-0.4, -0.2) is 30.7 Å². The smallest absolute Gasteiger partial charge is 0.193 e. The fourth-order valence-corrected chi connectivity index (χ4v) is 1.68. The summed E-state index contributed by atoms with van der Waals surface area (Å²) < 4.78 is 5.59. The van der Waals surface area contributed by atoms with Crippen molar-refractivity contribution in [3.05, 3.63) is 24.3 Å². The molecule has 4 N–H and O–H groups in total. The van der Waals surface area contributed by atoms with Crippen molar-refractivity contribution in [2.75, 3.05) is 18.4 Å². The predicted octanol–water partition coefficient (Wildman–Crippen LogP) is 2.59. The molecule has 0 aliphatic rings. The lowest BCUT2D eigenvalue weighted by Crippen LogP contribution is -2.37. The van der Waals surface area contributed by atoms with E-state index in [4.69, 9.17) is 10.5 Å². The average Bonchev–Trinajstić information content (AvgIpc) is 2.35. The molecule has 0 amide bonds. The van der Waals surface area contributed by atoms with Crippen LogP contribution in [0.3, 0.4) is 0 Å². The van der Waals surface area contributed by atoms with E-state index >= 15 is 0 Å². The summed E-state index contributed by atoms with van der Waals surface area (Å²) >= 11 is 0. The first kappa shape index (κ1) is 17.3. The second-order valence-corrected chi connectivity index (χ2v) is 6.26. The molecule has 0 saturated heterocycles. The van der Waals surface area contributed by atoms with Crippen LogP contribution in [0.25, 0.3) is 0 Å². The van der Waals surface area contributed by atoms with Gasteiger partial charge in [0, 0.05) is 17.8 Å². The highest BCUT2D eigenvalue weighted by Gasteiger charge is 2.06. The first-order valence-electron chi connectivity index (χ1n) is 7.35. The molecule has 0 fully saturated rings. The number of guanidine groups is 1. The lowest BCUT2D eigenvalue weighted by atomic mass is 10.1. The van der Waals surface area contributed by atoms with E-state index in [1.165, 1.54) is 0 Å². The highest BCUT2D eigenvalue weighted by atomic mass is 16.5. The average molecular weight is 292 g/mol. The van der Waals surface area contributed by atoms with E-state index in [-0.39, 0.29) is 11.6 Å². The van der Waals surface area contributed by atoms with Crippen molar-refractivity contribution in [3.8, 4) is 5.75 Å². The summed E-state index contributed by atoms with van der Waals surface area (Å²) in [6.07, 6.45) is 0.172. The van der Waals surface area contributed by atoms with Crippen molar-refractivity contribution < 1.29 is 4.74 Å². The molecule has 1 rings (SSSR count). The molecule has 118 valence electrons. The van der Waals surface area contributed by atoms with Crippen LogP contribution < -0.4 is 21.1 Å². The zero-order valence-electron chi connectivity index (χ0n) is 13.7. The summed E-state index contributed by atoms with van der Waals surface area (Å²) in [7, 11) is 0. The maximum Gasteiger partial charge on any atom is 0.193 e. The molecule has 5 nitrogen and oxygen atoms in total. The van der Waals surface area contributed by atoms with E-state index in [2.05, 4.69) is 36.4 Å². The molecule has 5 heteroatoms. The normalized spacial score (nSPS) is 12.6. The Morgan fingerprint density at radius 3 is 2.38 bits per heavy atom. The summed E-state index contributed by atoms with van der Waals surface area (Å²) in [6.45, 7) is 11.8. The number of hydrogen-bond acceptors (Lipinski definition) is 3. The largest absolute Gasteiger partial charge is 0.491 e. The summed E-state index contributed by atoms with van der Waals surface area (Å²) in [5, 5.41) is 6.42. The van der Waals surface area contributed by atoms with Crippen LogP contribution in [0.5, 0.6) is 5.75 Å². The van der Waals surface area contributed by atoms with E-state index < -0.39 is 0 Å². The highest BCUT2D eigenvalue weighted by molar-refractivity contribution is 5.92. The molecule has 0 heterocycles. The van der Waals surface area contributed by atoms with Crippen LogP contribution in [0, 0.1) is 0 Å². The lowest BCUT2D eigenvalue weighted by Gasteiger charge is -2.19. The summed E-state index contributed by atoms with van der Waals surface area (Å²) in [5.41, 5.74) is 6.85. The van der Waals surface area contributed by atoms with Crippen molar-refractivity contribution in [1.82, 2.24) is 5.32 Å². The van der Waals surface area contributed by atoms with Crippen molar-refractivity contribution >= 4 is 11.6 Å². The van der Waals surface area contributed by atoms with Gasteiger partial charge in [-0.1, -0.05) is 0 Å². The van der Waals surface area contributed by atoms with Gasteiger partial charge >= 0.3 is 0 Å². The van der Waals surface area contributed by atoms with E-state index in [1.807, 2.05) is 38.1 Å². The number of rotatable bonds is 6. The third-order valence-electron chi connectivity index (χ3n) is 2.55. The standard InChI is InChI=1S/C16H28N4O/c1-12(2)21-14-8-6-13(7-9-14)20-15(17)18-10-11-19-16(3,4)5/h6-9,12,19H,10-11H2,1-5H3,(H3,17,18,20). The number of benzene rings is 1. The molecule has 0 aliphatic heterocycles. The van der Waals surface area contributed by atoms with Gasteiger partial charge in [0.25, 0.3) is 0 Å². The molecule has 1 aromatic rings. The number of aliphatic imine (C=N–C) groups is 1. The molecule has 0 bridgehead atoms. The van der Waals surface area contributed by atoms with Gasteiger partial charge in [-0.2, -0.15) is 0 Å². The molecule has 0 aliphatic carbocycles. The number of nitrogens with zero attached hydrogens (tertiary/aromatic N) is 1. The minimum atomic E-state index is 0.101. The molecule has 0 aromatic heterocycles. The Hall–Kier alpha value is -1.75. The fourth-order valence-electron chi connectivity index (χ4n) is 1.68. The van der Waals surface area contributed by atoms with Crippen molar-refractivity contribution in [3.63, 3.8) is 0 Å².